The molecule has 0 radical (unpaired) electrons. The number of amides is 1. The number of anilines is 2. The van der Waals surface area contributed by atoms with E-state index in [1.54, 1.807) is 10.9 Å². The topological polar surface area (TPSA) is 90.7 Å². The summed E-state index contributed by atoms with van der Waals surface area (Å²) < 4.78 is 34.1. The van der Waals surface area contributed by atoms with Crippen LogP contribution >= 0.6 is 22.9 Å². The van der Waals surface area contributed by atoms with Crippen LogP contribution in [0.15, 0.2) is 36.5 Å². The van der Waals surface area contributed by atoms with Crippen LogP contribution in [0.3, 0.4) is 0 Å². The Kier molecular flexibility index (Phi) is 8.64. The number of hydrogen-bond acceptors (Lipinski definition) is 6. The van der Waals surface area contributed by atoms with E-state index in [2.05, 4.69) is 40.3 Å². The molecule has 1 amide bonds. The molecule has 0 aliphatic carbocycles. The molecule has 1 fully saturated rings. The number of hydrogen-bond donors (Lipinski definition) is 2. The number of carbonyl (C=O) groups is 2. The number of nitrogens with one attached hydrogen (secondary N) is 1. The molecule has 0 spiro atoms. The van der Waals surface area contributed by atoms with Crippen molar-refractivity contribution in [3.8, 4) is 10.6 Å². The van der Waals surface area contributed by atoms with Crippen molar-refractivity contribution in [1.82, 2.24) is 14.7 Å². The Morgan fingerprint density at radius 3 is 2.28 bits per heavy atom. The summed E-state index contributed by atoms with van der Waals surface area (Å²) in [5.74, 6) is -2.93. The van der Waals surface area contributed by atoms with Crippen LogP contribution in [0.25, 0.3) is 10.6 Å². The van der Waals surface area contributed by atoms with Crippen LogP contribution in [-0.2, 0) is 11.8 Å². The van der Waals surface area contributed by atoms with Gasteiger partial charge in [0, 0.05) is 50.8 Å². The third-order valence-corrected chi connectivity index (χ3v) is 6.66. The van der Waals surface area contributed by atoms with Crippen molar-refractivity contribution >= 4 is 46.2 Å². The largest absolute Gasteiger partial charge is 0.490 e. The molecule has 0 saturated carbocycles. The highest BCUT2D eigenvalue weighted by atomic mass is 35.5. The van der Waals surface area contributed by atoms with E-state index in [0.29, 0.717) is 15.6 Å². The number of halogens is 4. The number of benzene rings is 1. The first-order valence-corrected chi connectivity index (χ1v) is 12.0. The Hall–Kier alpha value is -3.09. The molecule has 1 aliphatic heterocycles. The smallest absolute Gasteiger partial charge is 0.475 e. The molecule has 8 nitrogen and oxygen atoms in total. The van der Waals surface area contributed by atoms with Gasteiger partial charge in [0.2, 0.25) is 0 Å². The normalized spacial score (nSPS) is 14.2. The van der Waals surface area contributed by atoms with Crippen LogP contribution in [0.4, 0.5) is 24.5 Å². The number of thiophene rings is 1. The number of carboxylic acids is 1. The molecule has 1 aliphatic rings. The summed E-state index contributed by atoms with van der Waals surface area (Å²) in [6.45, 7) is 6.26. The highest BCUT2D eigenvalue weighted by molar-refractivity contribution is 7.19. The Morgan fingerprint density at radius 1 is 1.11 bits per heavy atom. The molecular formula is C23H25ClF3N5O3S. The van der Waals surface area contributed by atoms with Crippen molar-refractivity contribution in [3.63, 3.8) is 0 Å². The second kappa shape index (κ2) is 11.3. The van der Waals surface area contributed by atoms with Gasteiger partial charge in [-0.15, -0.1) is 11.3 Å². The van der Waals surface area contributed by atoms with Gasteiger partial charge in [-0.2, -0.15) is 18.3 Å². The predicted molar refractivity (Wildman–Crippen MR) is 134 cm³/mol. The van der Waals surface area contributed by atoms with E-state index in [-0.39, 0.29) is 5.91 Å². The first-order valence-electron chi connectivity index (χ1n) is 10.8. The number of nitrogens with zero attached hydrogens (tertiary/aromatic N) is 4. The second-order valence-electron chi connectivity index (χ2n) is 8.22. The van der Waals surface area contributed by atoms with Crippen LogP contribution in [0.5, 0.6) is 0 Å². The van der Waals surface area contributed by atoms with Gasteiger partial charge in [-0.1, -0.05) is 11.6 Å². The van der Waals surface area contributed by atoms with Crippen molar-refractivity contribution < 1.29 is 27.9 Å². The number of aromatic nitrogens is 2. The van der Waals surface area contributed by atoms with Gasteiger partial charge < -0.3 is 20.2 Å². The van der Waals surface area contributed by atoms with Crippen molar-refractivity contribution in [2.24, 2.45) is 7.05 Å². The van der Waals surface area contributed by atoms with Gasteiger partial charge in [-0.25, -0.2) is 4.79 Å². The van der Waals surface area contributed by atoms with Gasteiger partial charge in [-0.05, 0) is 49.9 Å². The molecule has 13 heteroatoms. The molecule has 2 aromatic heterocycles. The fraction of sp³-hybridized carbons (Fsp3) is 0.348. The number of carbonyl (C=O) groups excluding carboxylic acids is 1. The lowest BCUT2D eigenvalue weighted by Gasteiger charge is -2.35. The highest BCUT2D eigenvalue weighted by Crippen LogP contribution is 2.32. The first kappa shape index (κ1) is 27.5. The van der Waals surface area contributed by atoms with Gasteiger partial charge in [0.1, 0.15) is 5.69 Å². The molecule has 1 saturated heterocycles. The molecule has 36 heavy (non-hydrogen) atoms. The Morgan fingerprint density at radius 2 is 1.75 bits per heavy atom. The van der Waals surface area contributed by atoms with Gasteiger partial charge in [-0.3, -0.25) is 9.48 Å². The Labute approximate surface area is 214 Å². The van der Waals surface area contributed by atoms with E-state index in [4.69, 9.17) is 21.5 Å². The quantitative estimate of drug-likeness (QED) is 0.494. The summed E-state index contributed by atoms with van der Waals surface area (Å²) in [6, 6.07) is 9.80. The Balaban J connectivity index is 0.000000454. The number of alkyl halides is 3. The summed E-state index contributed by atoms with van der Waals surface area (Å²) in [5, 5.41) is 14.6. The number of aryl methyl sites for hydroxylation is 2. The highest BCUT2D eigenvalue weighted by Gasteiger charge is 2.38. The molecular weight excluding hydrogens is 519 g/mol. The van der Waals surface area contributed by atoms with E-state index < -0.39 is 12.1 Å². The summed E-state index contributed by atoms with van der Waals surface area (Å²) in [7, 11) is 3.96. The zero-order valence-corrected chi connectivity index (χ0v) is 21.3. The summed E-state index contributed by atoms with van der Waals surface area (Å²) in [6.07, 6.45) is -3.34. The molecule has 3 heterocycles. The summed E-state index contributed by atoms with van der Waals surface area (Å²) in [5.41, 5.74) is 4.35. The van der Waals surface area contributed by atoms with Gasteiger partial charge in [0.25, 0.3) is 5.91 Å². The maximum absolute atomic E-state index is 13.0. The zero-order chi connectivity index (χ0) is 26.6. The van der Waals surface area contributed by atoms with Gasteiger partial charge in [0.15, 0.2) is 0 Å². The van der Waals surface area contributed by atoms with Crippen molar-refractivity contribution in [2.45, 2.75) is 13.1 Å². The maximum Gasteiger partial charge on any atom is 0.490 e. The van der Waals surface area contributed by atoms with E-state index in [9.17, 15) is 18.0 Å². The number of rotatable bonds is 4. The van der Waals surface area contributed by atoms with Crippen molar-refractivity contribution in [2.75, 3.05) is 43.4 Å². The molecule has 0 bridgehead atoms. The molecule has 0 unspecified atom stereocenters. The fourth-order valence-electron chi connectivity index (χ4n) is 3.61. The van der Waals surface area contributed by atoms with Crippen LogP contribution in [0.1, 0.15) is 15.9 Å². The molecule has 1 aromatic carbocycles. The van der Waals surface area contributed by atoms with Crippen LogP contribution in [0, 0.1) is 6.92 Å². The third-order valence-electron chi connectivity index (χ3n) is 5.42. The fourth-order valence-corrected chi connectivity index (χ4v) is 4.65. The molecule has 4 rings (SSSR count). The van der Waals surface area contributed by atoms with E-state index in [1.807, 2.05) is 31.3 Å². The lowest BCUT2D eigenvalue weighted by molar-refractivity contribution is -0.192. The Bertz CT molecular complexity index is 1240. The predicted octanol–water partition coefficient (Wildman–Crippen LogP) is 4.75. The minimum atomic E-state index is -5.08. The standard InChI is InChI=1S/C21H24ClN5OS.C2HF3O2/c1-14-12-15(4-5-17(14)27-10-8-25(2)9-11-27)23-21(28)16-13-26(3)24-20(16)18-6-7-19(22)29-18;3-2(4,5)1(6)7/h4-7,12-13H,8-11H2,1-3H3,(H,23,28);(H,6,7). The lowest BCUT2D eigenvalue weighted by Crippen LogP contribution is -2.44. The molecule has 0 atom stereocenters. The summed E-state index contributed by atoms with van der Waals surface area (Å²) >= 11 is 7.47. The van der Waals surface area contributed by atoms with Crippen LogP contribution < -0.4 is 10.2 Å². The zero-order valence-electron chi connectivity index (χ0n) is 19.8. The molecule has 194 valence electrons. The van der Waals surface area contributed by atoms with Gasteiger partial charge >= 0.3 is 12.1 Å². The van der Waals surface area contributed by atoms with E-state index in [0.717, 1.165) is 42.3 Å². The monoisotopic (exact) mass is 543 g/mol. The average Bonchev–Trinajstić information content (AvgIpc) is 3.40. The number of aliphatic carboxylic acids is 1. The van der Waals surface area contributed by atoms with Crippen LogP contribution in [-0.4, -0.2) is 71.1 Å². The third kappa shape index (κ3) is 6.99. The SMILES string of the molecule is Cc1cc(NC(=O)c2cn(C)nc2-c2ccc(Cl)s2)ccc1N1CCN(C)CC1.O=C(O)C(F)(F)F. The summed E-state index contributed by atoms with van der Waals surface area (Å²) in [4.78, 5) is 27.5. The minimum Gasteiger partial charge on any atom is -0.475 e. The molecule has 3 aromatic rings. The van der Waals surface area contributed by atoms with Crippen molar-refractivity contribution in [1.29, 1.82) is 0 Å². The molecule has 2 N–H and O–H groups in total. The number of likely N-dealkylation sites (N-methyl/N-ethyl adjacent to an activating group) is 1. The average molecular weight is 544 g/mol. The first-order chi connectivity index (χ1) is 16.8. The van der Waals surface area contributed by atoms with E-state index in [1.165, 1.54) is 17.0 Å². The second-order valence-corrected chi connectivity index (χ2v) is 9.93. The number of carboxylic acid groups (broad SMARTS) is 1. The number of piperazine rings is 1. The lowest BCUT2D eigenvalue weighted by atomic mass is 10.1. The maximum atomic E-state index is 13.0. The van der Waals surface area contributed by atoms with Crippen LogP contribution in [0.2, 0.25) is 4.34 Å². The minimum absolute atomic E-state index is 0.177. The van der Waals surface area contributed by atoms with Crippen molar-refractivity contribution in [3.05, 3.63) is 52.0 Å². The van der Waals surface area contributed by atoms with Gasteiger partial charge in [0.05, 0.1) is 14.8 Å². The van der Waals surface area contributed by atoms with E-state index >= 15 is 0 Å².